The maximum absolute atomic E-state index is 12.3. The van der Waals surface area contributed by atoms with Gasteiger partial charge in [-0.1, -0.05) is 88.7 Å². The Morgan fingerprint density at radius 3 is 2.15 bits per heavy atom. The first-order chi connectivity index (χ1) is 12.9. The van der Waals surface area contributed by atoms with Gasteiger partial charge in [0.1, 0.15) is 0 Å². The van der Waals surface area contributed by atoms with Gasteiger partial charge in [0.25, 0.3) is 0 Å². The third-order valence-corrected chi connectivity index (χ3v) is 5.37. The highest BCUT2D eigenvalue weighted by atomic mass is 32.1. The second-order valence-corrected chi connectivity index (χ2v) is 8.77. The Bertz CT molecular complexity index is 906. The number of benzene rings is 2. The van der Waals surface area contributed by atoms with Crippen LogP contribution in [0, 0.1) is 5.41 Å². The molecule has 0 aliphatic heterocycles. The number of thiazole rings is 1. The number of hydrogen-bond acceptors (Lipinski definition) is 3. The lowest BCUT2D eigenvalue weighted by Gasteiger charge is -2.15. The summed E-state index contributed by atoms with van der Waals surface area (Å²) < 4.78 is 0. The molecule has 3 rings (SSSR count). The molecule has 1 amide bonds. The minimum Gasteiger partial charge on any atom is -0.301 e. The van der Waals surface area contributed by atoms with E-state index in [1.165, 1.54) is 16.0 Å². The van der Waals surface area contributed by atoms with E-state index >= 15 is 0 Å². The highest BCUT2D eigenvalue weighted by Crippen LogP contribution is 2.34. The largest absolute Gasteiger partial charge is 0.301 e. The van der Waals surface area contributed by atoms with Crippen molar-refractivity contribution < 1.29 is 4.79 Å². The predicted molar refractivity (Wildman–Crippen MR) is 115 cm³/mol. The van der Waals surface area contributed by atoms with Gasteiger partial charge in [-0.15, -0.1) is 11.3 Å². The normalized spacial score (nSPS) is 11.4. The number of carbonyl (C=O) groups is 1. The number of amides is 1. The lowest BCUT2D eigenvalue weighted by Crippen LogP contribution is -2.27. The quantitative estimate of drug-likeness (QED) is 0.557. The molecule has 1 aromatic heterocycles. The van der Waals surface area contributed by atoms with Crippen molar-refractivity contribution >= 4 is 22.4 Å². The maximum atomic E-state index is 12.3. The van der Waals surface area contributed by atoms with Crippen LogP contribution < -0.4 is 5.32 Å². The van der Waals surface area contributed by atoms with Crippen molar-refractivity contribution in [1.29, 1.82) is 0 Å². The van der Waals surface area contributed by atoms with Gasteiger partial charge in [-0.2, -0.15) is 0 Å². The molecule has 0 fully saturated rings. The summed E-state index contributed by atoms with van der Waals surface area (Å²) in [4.78, 5) is 18.3. The zero-order chi connectivity index (χ0) is 19.4. The molecule has 3 aromatic rings. The predicted octanol–water partition coefficient (Wildman–Crippen LogP) is 6.41. The minimum absolute atomic E-state index is 0.00901. The number of anilines is 1. The summed E-state index contributed by atoms with van der Waals surface area (Å²) in [5.74, 6) is -0.00901. The van der Waals surface area contributed by atoms with Gasteiger partial charge in [-0.05, 0) is 17.5 Å². The summed E-state index contributed by atoms with van der Waals surface area (Å²) in [6.45, 7) is 7.89. The van der Waals surface area contributed by atoms with E-state index in [-0.39, 0.29) is 5.91 Å². The zero-order valence-corrected chi connectivity index (χ0v) is 17.2. The molecule has 0 spiro atoms. The fourth-order valence-corrected chi connectivity index (χ4v) is 3.84. The van der Waals surface area contributed by atoms with Crippen molar-refractivity contribution in [2.75, 3.05) is 5.32 Å². The van der Waals surface area contributed by atoms with E-state index in [0.717, 1.165) is 24.1 Å². The average molecular weight is 379 g/mol. The smallest absolute Gasteiger partial charge is 0.231 e. The summed E-state index contributed by atoms with van der Waals surface area (Å²) in [7, 11) is 0. The molecule has 0 aliphatic rings. The Labute approximate surface area is 165 Å². The number of aryl methyl sites for hydroxylation is 1. The molecule has 0 saturated carbocycles. The zero-order valence-electron chi connectivity index (χ0n) is 16.4. The van der Waals surface area contributed by atoms with Crippen LogP contribution in [0.4, 0.5) is 5.13 Å². The van der Waals surface area contributed by atoms with E-state index in [2.05, 4.69) is 48.6 Å². The van der Waals surface area contributed by atoms with Crippen LogP contribution in [-0.4, -0.2) is 10.9 Å². The van der Waals surface area contributed by atoms with Gasteiger partial charge < -0.3 is 5.32 Å². The van der Waals surface area contributed by atoms with Crippen molar-refractivity contribution in [3.8, 4) is 22.4 Å². The van der Waals surface area contributed by atoms with Gasteiger partial charge in [-0.25, -0.2) is 4.98 Å². The molecule has 1 N–H and O–H groups in total. The Morgan fingerprint density at radius 1 is 0.963 bits per heavy atom. The fourth-order valence-electron chi connectivity index (χ4n) is 2.76. The molecule has 2 aromatic carbocycles. The molecular formula is C23H26N2OS. The molecule has 27 heavy (non-hydrogen) atoms. The summed E-state index contributed by atoms with van der Waals surface area (Å²) in [6.07, 6.45) is 2.00. The van der Waals surface area contributed by atoms with E-state index < -0.39 is 5.41 Å². The monoisotopic (exact) mass is 378 g/mol. The Balaban J connectivity index is 1.90. The van der Waals surface area contributed by atoms with Crippen LogP contribution in [-0.2, 0) is 11.2 Å². The van der Waals surface area contributed by atoms with E-state index in [1.54, 1.807) is 11.3 Å². The summed E-state index contributed by atoms with van der Waals surface area (Å²) >= 11 is 1.58. The van der Waals surface area contributed by atoms with E-state index in [9.17, 15) is 4.79 Å². The first-order valence-corrected chi connectivity index (χ1v) is 10.2. The van der Waals surface area contributed by atoms with Crippen LogP contribution in [0.2, 0.25) is 0 Å². The third kappa shape index (κ3) is 4.64. The van der Waals surface area contributed by atoms with Crippen LogP contribution in [0.25, 0.3) is 22.4 Å². The van der Waals surface area contributed by atoms with Gasteiger partial charge in [0.05, 0.1) is 5.69 Å². The number of rotatable bonds is 5. The Hall–Kier alpha value is -2.46. The van der Waals surface area contributed by atoms with Gasteiger partial charge in [0.2, 0.25) is 5.91 Å². The molecule has 3 nitrogen and oxygen atoms in total. The first-order valence-electron chi connectivity index (χ1n) is 9.35. The van der Waals surface area contributed by atoms with Crippen molar-refractivity contribution in [1.82, 2.24) is 4.98 Å². The highest BCUT2D eigenvalue weighted by Gasteiger charge is 2.23. The molecule has 0 unspecified atom stereocenters. The first kappa shape index (κ1) is 19.3. The number of carbonyl (C=O) groups excluding carboxylic acids is 1. The summed E-state index contributed by atoms with van der Waals surface area (Å²) in [6, 6.07) is 18.8. The van der Waals surface area contributed by atoms with E-state index in [0.29, 0.717) is 5.13 Å². The molecule has 0 aliphatic carbocycles. The Kier molecular flexibility index (Phi) is 5.76. The lowest BCUT2D eigenvalue weighted by atomic mass is 9.96. The summed E-state index contributed by atoms with van der Waals surface area (Å²) in [5, 5.41) is 3.66. The van der Waals surface area contributed by atoms with Crippen LogP contribution in [0.3, 0.4) is 0 Å². The van der Waals surface area contributed by atoms with Crippen LogP contribution in [0.5, 0.6) is 0 Å². The number of aromatic nitrogens is 1. The van der Waals surface area contributed by atoms with Crippen molar-refractivity contribution in [2.45, 2.75) is 40.5 Å². The molecule has 0 saturated heterocycles. The molecule has 0 bridgehead atoms. The molecule has 0 radical (unpaired) electrons. The van der Waals surface area contributed by atoms with E-state index in [4.69, 9.17) is 4.98 Å². The molecule has 140 valence electrons. The van der Waals surface area contributed by atoms with Crippen LogP contribution >= 0.6 is 11.3 Å². The van der Waals surface area contributed by atoms with E-state index in [1.807, 2.05) is 39.0 Å². The van der Waals surface area contributed by atoms with Crippen molar-refractivity contribution in [2.24, 2.45) is 5.41 Å². The number of nitrogens with one attached hydrogen (secondary N) is 1. The maximum Gasteiger partial charge on any atom is 0.231 e. The van der Waals surface area contributed by atoms with Gasteiger partial charge >= 0.3 is 0 Å². The number of nitrogens with zero attached hydrogens (tertiary/aromatic N) is 1. The van der Waals surface area contributed by atoms with Crippen molar-refractivity contribution in [3.05, 3.63) is 59.5 Å². The standard InChI is InChI=1S/C23H26N2OS/c1-5-9-19-20(24-22(27-19)25-21(26)23(2,3)4)18-14-12-17(13-15-18)16-10-7-6-8-11-16/h6-8,10-15H,5,9H2,1-4H3,(H,24,25,26). The molecular weight excluding hydrogens is 352 g/mol. The van der Waals surface area contributed by atoms with Crippen LogP contribution in [0.1, 0.15) is 39.0 Å². The SMILES string of the molecule is CCCc1sc(NC(=O)C(C)(C)C)nc1-c1ccc(-c2ccccc2)cc1. The topological polar surface area (TPSA) is 42.0 Å². The van der Waals surface area contributed by atoms with Gasteiger partial charge in [-0.3, -0.25) is 4.79 Å². The van der Waals surface area contributed by atoms with Gasteiger partial charge in [0.15, 0.2) is 5.13 Å². The molecule has 0 atom stereocenters. The minimum atomic E-state index is -0.436. The van der Waals surface area contributed by atoms with Crippen molar-refractivity contribution in [3.63, 3.8) is 0 Å². The summed E-state index contributed by atoms with van der Waals surface area (Å²) in [5.41, 5.74) is 4.02. The van der Waals surface area contributed by atoms with Gasteiger partial charge in [0, 0.05) is 15.9 Å². The second-order valence-electron chi connectivity index (χ2n) is 7.69. The lowest BCUT2D eigenvalue weighted by molar-refractivity contribution is -0.123. The molecule has 4 heteroatoms. The highest BCUT2D eigenvalue weighted by molar-refractivity contribution is 7.16. The number of hydrogen-bond donors (Lipinski definition) is 1. The van der Waals surface area contributed by atoms with Crippen LogP contribution in [0.15, 0.2) is 54.6 Å². The fraction of sp³-hybridized carbons (Fsp3) is 0.304. The second kappa shape index (κ2) is 8.05. The Morgan fingerprint density at radius 2 is 1.56 bits per heavy atom. The average Bonchev–Trinajstić information content (AvgIpc) is 3.04. The third-order valence-electron chi connectivity index (χ3n) is 4.34. The molecule has 1 heterocycles.